The number of hydrogen-bond acceptors (Lipinski definition) is 1. The lowest BCUT2D eigenvalue weighted by atomic mass is 9.76. The van der Waals surface area contributed by atoms with Gasteiger partial charge in [-0.1, -0.05) is 12.2 Å². The van der Waals surface area contributed by atoms with Gasteiger partial charge in [0.2, 0.25) is 0 Å². The monoisotopic (exact) mass is 179 g/mol. The molecule has 0 amide bonds. The van der Waals surface area contributed by atoms with Crippen molar-refractivity contribution in [2.75, 3.05) is 13.1 Å². The predicted octanol–water partition coefficient (Wildman–Crippen LogP) is 2.73. The summed E-state index contributed by atoms with van der Waals surface area (Å²) >= 11 is 0. The highest BCUT2D eigenvalue weighted by Crippen LogP contribution is 2.34. The normalized spacial score (nSPS) is 32.0. The number of hydrogen-bond donors (Lipinski definition) is 1. The Bertz CT molecular complexity index is 170. The van der Waals surface area contributed by atoms with Crippen molar-refractivity contribution in [3.8, 4) is 0 Å². The average molecular weight is 179 g/mol. The third kappa shape index (κ3) is 2.34. The van der Waals surface area contributed by atoms with Gasteiger partial charge in [0.05, 0.1) is 0 Å². The van der Waals surface area contributed by atoms with Crippen LogP contribution in [0.25, 0.3) is 0 Å². The molecule has 0 aromatic rings. The molecule has 1 saturated heterocycles. The molecule has 2 rings (SSSR count). The van der Waals surface area contributed by atoms with Gasteiger partial charge in [-0.3, -0.25) is 0 Å². The van der Waals surface area contributed by atoms with Crippen molar-refractivity contribution >= 4 is 0 Å². The van der Waals surface area contributed by atoms with Gasteiger partial charge < -0.3 is 5.32 Å². The second kappa shape index (κ2) is 4.28. The molecule has 74 valence electrons. The van der Waals surface area contributed by atoms with E-state index >= 15 is 0 Å². The van der Waals surface area contributed by atoms with Gasteiger partial charge in [-0.05, 0) is 63.5 Å². The molecule has 0 aromatic heterocycles. The first-order chi connectivity index (χ1) is 6.36. The Morgan fingerprint density at radius 3 is 2.46 bits per heavy atom. The van der Waals surface area contributed by atoms with Crippen LogP contribution in [0.5, 0.6) is 0 Å². The minimum absolute atomic E-state index is 0.974. The van der Waals surface area contributed by atoms with Gasteiger partial charge in [-0.15, -0.1) is 0 Å². The van der Waals surface area contributed by atoms with E-state index in [9.17, 15) is 0 Å². The maximum atomic E-state index is 4.08. The Labute approximate surface area is 81.6 Å². The molecule has 1 unspecified atom stereocenters. The van der Waals surface area contributed by atoms with Gasteiger partial charge in [0.25, 0.3) is 0 Å². The zero-order valence-corrected chi connectivity index (χ0v) is 8.52. The second-order valence-electron chi connectivity index (χ2n) is 4.69. The fourth-order valence-electron chi connectivity index (χ4n) is 2.80. The molecule has 2 fully saturated rings. The first-order valence-electron chi connectivity index (χ1n) is 5.73. The van der Waals surface area contributed by atoms with Gasteiger partial charge in [-0.25, -0.2) is 0 Å². The van der Waals surface area contributed by atoms with Gasteiger partial charge in [-0.2, -0.15) is 0 Å². The highest BCUT2D eigenvalue weighted by atomic mass is 14.9. The molecule has 13 heavy (non-hydrogen) atoms. The van der Waals surface area contributed by atoms with E-state index in [0.717, 1.165) is 11.8 Å². The quantitative estimate of drug-likeness (QED) is 0.610. The largest absolute Gasteiger partial charge is 0.316 e. The van der Waals surface area contributed by atoms with Crippen LogP contribution in [0.1, 0.15) is 38.5 Å². The third-order valence-electron chi connectivity index (χ3n) is 3.74. The van der Waals surface area contributed by atoms with Crippen LogP contribution < -0.4 is 5.32 Å². The molecule has 1 nitrogen and oxygen atoms in total. The Morgan fingerprint density at radius 1 is 1.08 bits per heavy atom. The highest BCUT2D eigenvalue weighted by Gasteiger charge is 2.25. The zero-order valence-electron chi connectivity index (χ0n) is 8.52. The highest BCUT2D eigenvalue weighted by molar-refractivity contribution is 4.99. The van der Waals surface area contributed by atoms with E-state index in [1.165, 1.54) is 57.2 Å². The summed E-state index contributed by atoms with van der Waals surface area (Å²) in [4.78, 5) is 0. The van der Waals surface area contributed by atoms with Gasteiger partial charge in [0.15, 0.2) is 0 Å². The summed E-state index contributed by atoms with van der Waals surface area (Å²) in [5.74, 6) is 1.97. The minimum Gasteiger partial charge on any atom is -0.316 e. The van der Waals surface area contributed by atoms with E-state index in [1.54, 1.807) is 0 Å². The lowest BCUT2D eigenvalue weighted by Crippen LogP contribution is -2.34. The van der Waals surface area contributed by atoms with Crippen LogP contribution in [0.3, 0.4) is 0 Å². The van der Waals surface area contributed by atoms with Crippen molar-refractivity contribution in [1.82, 2.24) is 5.32 Å². The van der Waals surface area contributed by atoms with Crippen LogP contribution in [-0.2, 0) is 0 Å². The summed E-state index contributed by atoms with van der Waals surface area (Å²) in [6.45, 7) is 6.60. The van der Waals surface area contributed by atoms with Crippen LogP contribution in [0.4, 0.5) is 0 Å². The Hall–Kier alpha value is -0.300. The smallest absolute Gasteiger partial charge is 0.00179 e. The number of piperidine rings is 1. The van der Waals surface area contributed by atoms with E-state index in [2.05, 4.69) is 11.9 Å². The third-order valence-corrected chi connectivity index (χ3v) is 3.74. The molecule has 0 radical (unpaired) electrons. The van der Waals surface area contributed by atoms with E-state index in [4.69, 9.17) is 0 Å². The van der Waals surface area contributed by atoms with E-state index in [-0.39, 0.29) is 0 Å². The summed E-state index contributed by atoms with van der Waals surface area (Å²) in [7, 11) is 0. The number of nitrogens with one attached hydrogen (secondary N) is 1. The summed E-state index contributed by atoms with van der Waals surface area (Å²) in [6.07, 6.45) is 8.25. The van der Waals surface area contributed by atoms with Crippen molar-refractivity contribution in [3.05, 3.63) is 12.2 Å². The first kappa shape index (κ1) is 9.26. The molecule has 0 spiro atoms. The summed E-state index contributed by atoms with van der Waals surface area (Å²) in [5.41, 5.74) is 1.49. The number of rotatable bonds is 1. The lowest BCUT2D eigenvalue weighted by molar-refractivity contribution is 0.225. The molecule has 1 saturated carbocycles. The molecular formula is C12H21N. The maximum absolute atomic E-state index is 4.08. The SMILES string of the molecule is C=C1CCC(C2CCCNC2)CC1. The summed E-state index contributed by atoms with van der Waals surface area (Å²) < 4.78 is 0. The van der Waals surface area contributed by atoms with Gasteiger partial charge in [0.1, 0.15) is 0 Å². The molecular weight excluding hydrogens is 158 g/mol. The lowest BCUT2D eigenvalue weighted by Gasteiger charge is -2.33. The average Bonchev–Trinajstić information content (AvgIpc) is 2.20. The van der Waals surface area contributed by atoms with Crippen molar-refractivity contribution in [2.24, 2.45) is 11.8 Å². The van der Waals surface area contributed by atoms with Crippen LogP contribution >= 0.6 is 0 Å². The molecule has 1 aliphatic heterocycles. The van der Waals surface area contributed by atoms with Gasteiger partial charge >= 0.3 is 0 Å². The molecule has 1 heteroatoms. The van der Waals surface area contributed by atoms with Crippen molar-refractivity contribution in [1.29, 1.82) is 0 Å². The summed E-state index contributed by atoms with van der Waals surface area (Å²) in [6, 6.07) is 0. The Balaban J connectivity index is 1.82. The first-order valence-corrected chi connectivity index (χ1v) is 5.73. The molecule has 1 aliphatic carbocycles. The molecule has 1 N–H and O–H groups in total. The van der Waals surface area contributed by atoms with Crippen molar-refractivity contribution < 1.29 is 0 Å². The Kier molecular flexibility index (Phi) is 3.05. The zero-order chi connectivity index (χ0) is 9.10. The van der Waals surface area contributed by atoms with E-state index in [1.807, 2.05) is 0 Å². The topological polar surface area (TPSA) is 12.0 Å². The fraction of sp³-hybridized carbons (Fsp3) is 0.833. The van der Waals surface area contributed by atoms with Crippen LogP contribution in [-0.4, -0.2) is 13.1 Å². The summed E-state index contributed by atoms with van der Waals surface area (Å²) in [5, 5.41) is 3.52. The van der Waals surface area contributed by atoms with E-state index < -0.39 is 0 Å². The van der Waals surface area contributed by atoms with Crippen LogP contribution in [0, 0.1) is 11.8 Å². The Morgan fingerprint density at radius 2 is 1.85 bits per heavy atom. The maximum Gasteiger partial charge on any atom is -0.00179 e. The predicted molar refractivity (Wildman–Crippen MR) is 56.7 cm³/mol. The second-order valence-corrected chi connectivity index (χ2v) is 4.69. The van der Waals surface area contributed by atoms with Crippen LogP contribution in [0.15, 0.2) is 12.2 Å². The van der Waals surface area contributed by atoms with Crippen LogP contribution in [0.2, 0.25) is 0 Å². The molecule has 0 aromatic carbocycles. The fourth-order valence-corrected chi connectivity index (χ4v) is 2.80. The van der Waals surface area contributed by atoms with Crippen molar-refractivity contribution in [3.63, 3.8) is 0 Å². The number of allylic oxidation sites excluding steroid dienone is 1. The molecule has 2 aliphatic rings. The molecule has 1 atom stereocenters. The van der Waals surface area contributed by atoms with Gasteiger partial charge in [0, 0.05) is 0 Å². The molecule has 0 bridgehead atoms. The van der Waals surface area contributed by atoms with Crippen molar-refractivity contribution in [2.45, 2.75) is 38.5 Å². The standard InChI is InChI=1S/C12H21N/c1-10-4-6-11(7-5-10)12-3-2-8-13-9-12/h11-13H,1-9H2. The molecule has 1 heterocycles. The minimum atomic E-state index is 0.974. The van der Waals surface area contributed by atoms with E-state index in [0.29, 0.717) is 0 Å².